The summed E-state index contributed by atoms with van der Waals surface area (Å²) < 4.78 is 58.0. The van der Waals surface area contributed by atoms with Crippen LogP contribution in [0.3, 0.4) is 0 Å². The molecule has 0 aromatic heterocycles. The molecule has 1 unspecified atom stereocenters. The molecule has 0 aromatic rings. The smallest absolute Gasteiger partial charge is 0.356 e. The lowest BCUT2D eigenvalue weighted by atomic mass is 10.1. The van der Waals surface area contributed by atoms with Gasteiger partial charge >= 0.3 is 6.18 Å². The molecule has 0 bridgehead atoms. The molecule has 0 aliphatic rings. The van der Waals surface area contributed by atoms with Gasteiger partial charge in [0.05, 0.1) is 0 Å². The Morgan fingerprint density at radius 1 is 1.36 bits per heavy atom. The van der Waals surface area contributed by atoms with Crippen molar-refractivity contribution in [1.29, 1.82) is 0 Å². The van der Waals surface area contributed by atoms with E-state index in [4.69, 9.17) is 0 Å². The minimum absolute atomic E-state index is 0.192. The van der Waals surface area contributed by atoms with E-state index in [2.05, 4.69) is 16.1 Å². The van der Waals surface area contributed by atoms with Gasteiger partial charge in [-0.15, -0.1) is 0 Å². The van der Waals surface area contributed by atoms with E-state index in [1.54, 1.807) is 6.92 Å². The third kappa shape index (κ3) is 2.95. The first kappa shape index (κ1) is 13.4. The topological polar surface area (TPSA) is 18.5 Å². The van der Waals surface area contributed by atoms with Gasteiger partial charge in [0.2, 0.25) is 5.60 Å². The van der Waals surface area contributed by atoms with E-state index < -0.39 is 25.2 Å². The Kier molecular flexibility index (Phi) is 5.07. The van der Waals surface area contributed by atoms with Crippen LogP contribution in [0.15, 0.2) is 12.7 Å². The Hall–Kier alpha value is -0.620. The molecular weight excluding hydrogens is 204 g/mol. The van der Waals surface area contributed by atoms with Crippen LogP contribution in [-0.2, 0) is 9.47 Å². The van der Waals surface area contributed by atoms with Crippen LogP contribution in [0.2, 0.25) is 0 Å². The van der Waals surface area contributed by atoms with Crippen LogP contribution in [0.4, 0.5) is 17.6 Å². The Labute approximate surface area is 79.5 Å². The van der Waals surface area contributed by atoms with E-state index in [9.17, 15) is 17.6 Å². The van der Waals surface area contributed by atoms with Crippen molar-refractivity contribution >= 4 is 0 Å². The normalized spacial score (nSPS) is 16.4. The van der Waals surface area contributed by atoms with Crippen molar-refractivity contribution < 1.29 is 27.0 Å². The van der Waals surface area contributed by atoms with Crippen LogP contribution < -0.4 is 0 Å². The molecule has 0 heterocycles. The molecule has 0 amide bonds. The number of hydrogen-bond acceptors (Lipinski definition) is 2. The van der Waals surface area contributed by atoms with Crippen LogP contribution in [-0.4, -0.2) is 31.9 Å². The monoisotopic (exact) mass is 216 g/mol. The molecule has 0 aliphatic carbocycles. The number of hydrogen-bond donors (Lipinski definition) is 0. The summed E-state index contributed by atoms with van der Waals surface area (Å²) in [6.07, 6.45) is -4.44. The largest absolute Gasteiger partial charge is 0.423 e. The molecular formula is C8H12F4O2. The van der Waals surface area contributed by atoms with E-state index in [1.165, 1.54) is 0 Å². The molecule has 0 fully saturated rings. The second-order valence-electron chi connectivity index (χ2n) is 2.48. The minimum Gasteiger partial charge on any atom is -0.356 e. The molecule has 0 saturated carbocycles. The summed E-state index contributed by atoms with van der Waals surface area (Å²) in [5.74, 6) is 0. The zero-order chi connectivity index (χ0) is 11.2. The lowest BCUT2D eigenvalue weighted by Gasteiger charge is -2.29. The number of alkyl halides is 4. The predicted octanol–water partition coefficient (Wildman–Crippen LogP) is 2.45. The van der Waals surface area contributed by atoms with Crippen molar-refractivity contribution in [3.8, 4) is 0 Å². The molecule has 0 aromatic carbocycles. The summed E-state index contributed by atoms with van der Waals surface area (Å²) in [6.45, 7) is 2.35. The fourth-order valence-electron chi connectivity index (χ4n) is 0.656. The highest BCUT2D eigenvalue weighted by atomic mass is 19.4. The first-order valence-corrected chi connectivity index (χ1v) is 3.91. The fraction of sp³-hybridized carbons (Fsp3) is 0.750. The average molecular weight is 216 g/mol. The van der Waals surface area contributed by atoms with Crippen LogP contribution in [0.25, 0.3) is 0 Å². The SMILES string of the molecule is C=CC(CF)(OCOCC)C(F)(F)F. The van der Waals surface area contributed by atoms with Crippen LogP contribution in [0.1, 0.15) is 6.92 Å². The summed E-state index contributed by atoms with van der Waals surface area (Å²) in [4.78, 5) is 0. The maximum absolute atomic E-state index is 12.3. The van der Waals surface area contributed by atoms with Gasteiger partial charge in [-0.3, -0.25) is 0 Å². The second kappa shape index (κ2) is 5.31. The molecule has 0 rings (SSSR count). The molecule has 0 saturated heterocycles. The first-order valence-electron chi connectivity index (χ1n) is 3.91. The molecule has 2 nitrogen and oxygen atoms in total. The zero-order valence-corrected chi connectivity index (χ0v) is 7.73. The Morgan fingerprint density at radius 3 is 2.21 bits per heavy atom. The first-order chi connectivity index (χ1) is 6.43. The molecule has 0 aliphatic heterocycles. The zero-order valence-electron chi connectivity index (χ0n) is 7.73. The van der Waals surface area contributed by atoms with Gasteiger partial charge in [-0.1, -0.05) is 6.58 Å². The van der Waals surface area contributed by atoms with Gasteiger partial charge in [-0.2, -0.15) is 13.2 Å². The Morgan fingerprint density at radius 2 is 1.93 bits per heavy atom. The molecule has 6 heteroatoms. The molecule has 0 N–H and O–H groups in total. The van der Waals surface area contributed by atoms with Crippen molar-refractivity contribution in [2.45, 2.75) is 18.7 Å². The summed E-state index contributed by atoms with van der Waals surface area (Å²) in [5.41, 5.74) is -2.96. The maximum Gasteiger partial charge on any atom is 0.423 e. The van der Waals surface area contributed by atoms with Gasteiger partial charge < -0.3 is 9.47 Å². The fourth-order valence-corrected chi connectivity index (χ4v) is 0.656. The van der Waals surface area contributed by atoms with Crippen LogP contribution in [0, 0.1) is 0 Å². The third-order valence-electron chi connectivity index (χ3n) is 1.61. The number of rotatable bonds is 6. The summed E-state index contributed by atoms with van der Waals surface area (Å²) in [6, 6.07) is 0. The highest BCUT2D eigenvalue weighted by Gasteiger charge is 2.54. The Balaban J connectivity index is 4.47. The van der Waals surface area contributed by atoms with Gasteiger partial charge in [0.1, 0.15) is 13.5 Å². The van der Waals surface area contributed by atoms with Gasteiger partial charge in [0.15, 0.2) is 0 Å². The maximum atomic E-state index is 12.3. The highest BCUT2D eigenvalue weighted by molar-refractivity contribution is 5.03. The molecule has 0 spiro atoms. The van der Waals surface area contributed by atoms with Gasteiger partial charge in [-0.25, -0.2) is 4.39 Å². The standard InChI is InChI=1S/C8H12F4O2/c1-3-7(5-9,8(10,11)12)14-6-13-4-2/h3H,1,4-6H2,2H3. The molecule has 1 atom stereocenters. The van der Waals surface area contributed by atoms with Crippen molar-refractivity contribution in [2.24, 2.45) is 0 Å². The summed E-state index contributed by atoms with van der Waals surface area (Å²) in [5, 5.41) is 0. The Bertz CT molecular complexity index is 181. The van der Waals surface area contributed by atoms with Gasteiger partial charge in [-0.05, 0) is 13.0 Å². The van der Waals surface area contributed by atoms with Crippen molar-refractivity contribution in [3.05, 3.63) is 12.7 Å². The highest BCUT2D eigenvalue weighted by Crippen LogP contribution is 2.35. The van der Waals surface area contributed by atoms with E-state index in [0.29, 0.717) is 6.08 Å². The molecule has 0 radical (unpaired) electrons. The number of halogens is 4. The minimum atomic E-state index is -4.83. The average Bonchev–Trinajstić information content (AvgIpc) is 2.11. The van der Waals surface area contributed by atoms with Crippen molar-refractivity contribution in [3.63, 3.8) is 0 Å². The lowest BCUT2D eigenvalue weighted by Crippen LogP contribution is -2.48. The second-order valence-corrected chi connectivity index (χ2v) is 2.48. The molecule has 84 valence electrons. The van der Waals surface area contributed by atoms with Crippen molar-refractivity contribution in [2.75, 3.05) is 20.1 Å². The van der Waals surface area contributed by atoms with Crippen LogP contribution in [0.5, 0.6) is 0 Å². The predicted molar refractivity (Wildman–Crippen MR) is 42.5 cm³/mol. The van der Waals surface area contributed by atoms with E-state index >= 15 is 0 Å². The van der Waals surface area contributed by atoms with E-state index in [0.717, 1.165) is 0 Å². The third-order valence-corrected chi connectivity index (χ3v) is 1.61. The van der Waals surface area contributed by atoms with E-state index in [-0.39, 0.29) is 6.61 Å². The molecule has 14 heavy (non-hydrogen) atoms. The van der Waals surface area contributed by atoms with Gasteiger partial charge in [0.25, 0.3) is 0 Å². The quantitative estimate of drug-likeness (QED) is 0.294. The number of ether oxygens (including phenoxy) is 2. The van der Waals surface area contributed by atoms with Crippen molar-refractivity contribution in [1.82, 2.24) is 0 Å². The van der Waals surface area contributed by atoms with Gasteiger partial charge in [0, 0.05) is 6.61 Å². The lowest BCUT2D eigenvalue weighted by molar-refractivity contribution is -0.282. The van der Waals surface area contributed by atoms with E-state index in [1.807, 2.05) is 0 Å². The summed E-state index contributed by atoms with van der Waals surface area (Å²) >= 11 is 0. The summed E-state index contributed by atoms with van der Waals surface area (Å²) in [7, 11) is 0. The van der Waals surface area contributed by atoms with Crippen LogP contribution >= 0.6 is 0 Å².